The molecule has 3 rings (SSSR count). The molecule has 0 unspecified atom stereocenters. The largest absolute Gasteiger partial charge is 0.496 e. The summed E-state index contributed by atoms with van der Waals surface area (Å²) in [5.74, 6) is 0.943. The normalized spacial score (nSPS) is 15.7. The summed E-state index contributed by atoms with van der Waals surface area (Å²) < 4.78 is 6.02. The maximum Gasteiger partial charge on any atom is 0.173 e. The van der Waals surface area contributed by atoms with E-state index in [9.17, 15) is 4.79 Å². The lowest BCUT2D eigenvalue weighted by Gasteiger charge is -2.15. The molecule has 0 heterocycles. The molecule has 0 amide bonds. The zero-order chi connectivity index (χ0) is 14.2. The molecule has 0 aliphatic heterocycles. The monoisotopic (exact) mass is 330 g/mol. The Hall–Kier alpha value is -1.61. The standard InChI is InChI=1S/C17H15BrO2/c1-20-15-8-7-12(11-14(15)18)16(19)17(9-10-17)13-5-3-2-4-6-13/h2-8,11H,9-10H2,1H3. The topological polar surface area (TPSA) is 26.3 Å². The fraction of sp³-hybridized carbons (Fsp3) is 0.235. The van der Waals surface area contributed by atoms with Crippen LogP contribution in [-0.2, 0) is 5.41 Å². The molecule has 1 aliphatic carbocycles. The number of halogens is 1. The molecule has 2 aromatic rings. The van der Waals surface area contributed by atoms with E-state index in [1.165, 1.54) is 0 Å². The molecule has 2 aromatic carbocycles. The van der Waals surface area contributed by atoms with Crippen molar-refractivity contribution in [3.63, 3.8) is 0 Å². The summed E-state index contributed by atoms with van der Waals surface area (Å²) in [5, 5.41) is 0. The summed E-state index contributed by atoms with van der Waals surface area (Å²) in [4.78, 5) is 12.8. The second kappa shape index (κ2) is 5.06. The zero-order valence-corrected chi connectivity index (χ0v) is 12.8. The number of hydrogen-bond donors (Lipinski definition) is 0. The fourth-order valence-electron chi connectivity index (χ4n) is 2.61. The van der Waals surface area contributed by atoms with Crippen LogP contribution in [0.3, 0.4) is 0 Å². The van der Waals surface area contributed by atoms with Crippen LogP contribution in [0.2, 0.25) is 0 Å². The van der Waals surface area contributed by atoms with E-state index >= 15 is 0 Å². The van der Waals surface area contributed by atoms with Crippen LogP contribution in [0.1, 0.15) is 28.8 Å². The van der Waals surface area contributed by atoms with Gasteiger partial charge in [0.15, 0.2) is 5.78 Å². The van der Waals surface area contributed by atoms with Crippen LogP contribution in [0.15, 0.2) is 53.0 Å². The highest BCUT2D eigenvalue weighted by molar-refractivity contribution is 9.10. The van der Waals surface area contributed by atoms with Crippen molar-refractivity contribution in [3.05, 3.63) is 64.1 Å². The molecule has 102 valence electrons. The lowest BCUT2D eigenvalue weighted by molar-refractivity contribution is 0.0946. The van der Waals surface area contributed by atoms with Crippen LogP contribution in [-0.4, -0.2) is 12.9 Å². The Morgan fingerprint density at radius 2 is 1.85 bits per heavy atom. The zero-order valence-electron chi connectivity index (χ0n) is 11.2. The van der Waals surface area contributed by atoms with Gasteiger partial charge in [0, 0.05) is 5.56 Å². The molecule has 0 spiro atoms. The minimum Gasteiger partial charge on any atom is -0.496 e. The van der Waals surface area contributed by atoms with Gasteiger partial charge in [0.1, 0.15) is 5.75 Å². The van der Waals surface area contributed by atoms with E-state index in [4.69, 9.17) is 4.74 Å². The highest BCUT2D eigenvalue weighted by Gasteiger charge is 2.51. The molecule has 0 bridgehead atoms. The Balaban J connectivity index is 1.95. The summed E-state index contributed by atoms with van der Waals surface area (Å²) in [6, 6.07) is 15.6. The summed E-state index contributed by atoms with van der Waals surface area (Å²) in [5.41, 5.74) is 1.55. The van der Waals surface area contributed by atoms with Crippen LogP contribution in [0, 0.1) is 0 Å². The minimum atomic E-state index is -0.310. The van der Waals surface area contributed by atoms with Crippen molar-refractivity contribution in [1.82, 2.24) is 0 Å². The first-order valence-corrected chi connectivity index (χ1v) is 7.40. The fourth-order valence-corrected chi connectivity index (χ4v) is 3.15. The van der Waals surface area contributed by atoms with Gasteiger partial charge in [-0.25, -0.2) is 0 Å². The summed E-state index contributed by atoms with van der Waals surface area (Å²) >= 11 is 3.44. The van der Waals surface area contributed by atoms with Crippen molar-refractivity contribution in [2.24, 2.45) is 0 Å². The van der Waals surface area contributed by atoms with Crippen molar-refractivity contribution in [2.45, 2.75) is 18.3 Å². The Morgan fingerprint density at radius 1 is 1.15 bits per heavy atom. The van der Waals surface area contributed by atoms with Gasteiger partial charge in [-0.05, 0) is 52.5 Å². The minimum absolute atomic E-state index is 0.201. The summed E-state index contributed by atoms with van der Waals surface area (Å²) in [6.45, 7) is 0. The van der Waals surface area contributed by atoms with Crippen molar-refractivity contribution in [3.8, 4) is 5.75 Å². The van der Waals surface area contributed by atoms with Gasteiger partial charge in [0.05, 0.1) is 17.0 Å². The van der Waals surface area contributed by atoms with E-state index < -0.39 is 0 Å². The third kappa shape index (κ3) is 2.16. The van der Waals surface area contributed by atoms with E-state index in [2.05, 4.69) is 15.9 Å². The molecule has 0 N–H and O–H groups in total. The first-order valence-electron chi connectivity index (χ1n) is 6.61. The van der Waals surface area contributed by atoms with Crippen LogP contribution >= 0.6 is 15.9 Å². The number of ether oxygens (including phenoxy) is 1. The Kier molecular flexibility index (Phi) is 3.38. The molecular weight excluding hydrogens is 316 g/mol. The molecular formula is C17H15BrO2. The smallest absolute Gasteiger partial charge is 0.173 e. The van der Waals surface area contributed by atoms with E-state index in [0.29, 0.717) is 0 Å². The molecule has 20 heavy (non-hydrogen) atoms. The number of hydrogen-bond acceptors (Lipinski definition) is 2. The number of methoxy groups -OCH3 is 1. The maximum absolute atomic E-state index is 12.8. The van der Waals surface area contributed by atoms with Crippen LogP contribution < -0.4 is 4.74 Å². The van der Waals surface area contributed by atoms with Crippen molar-refractivity contribution < 1.29 is 9.53 Å². The Morgan fingerprint density at radius 3 is 2.40 bits per heavy atom. The highest BCUT2D eigenvalue weighted by atomic mass is 79.9. The Labute approximate surface area is 126 Å². The van der Waals surface area contributed by atoms with E-state index in [1.807, 2.05) is 48.5 Å². The molecule has 0 saturated heterocycles. The lowest BCUT2D eigenvalue weighted by atomic mass is 9.87. The molecule has 0 aromatic heterocycles. The Bertz CT molecular complexity index is 645. The third-order valence-electron chi connectivity index (χ3n) is 3.93. The van der Waals surface area contributed by atoms with Crippen molar-refractivity contribution >= 4 is 21.7 Å². The predicted octanol–water partition coefficient (Wildman–Crippen LogP) is 4.37. The highest BCUT2D eigenvalue weighted by Crippen LogP contribution is 2.50. The molecule has 3 heteroatoms. The van der Waals surface area contributed by atoms with Gasteiger partial charge in [0.2, 0.25) is 0 Å². The van der Waals surface area contributed by atoms with Gasteiger partial charge < -0.3 is 4.74 Å². The van der Waals surface area contributed by atoms with Crippen LogP contribution in [0.25, 0.3) is 0 Å². The number of benzene rings is 2. The SMILES string of the molecule is COc1ccc(C(=O)C2(c3ccccc3)CC2)cc1Br. The van der Waals surface area contributed by atoms with Gasteiger partial charge >= 0.3 is 0 Å². The first-order chi connectivity index (χ1) is 9.67. The maximum atomic E-state index is 12.8. The molecule has 1 saturated carbocycles. The molecule has 1 fully saturated rings. The number of ketones is 1. The number of Topliss-reactive ketones (excluding diaryl/α,β-unsaturated/α-hetero) is 1. The van der Waals surface area contributed by atoms with E-state index in [1.54, 1.807) is 7.11 Å². The second-order valence-corrected chi connectivity index (χ2v) is 5.98. The van der Waals surface area contributed by atoms with Gasteiger partial charge in [-0.1, -0.05) is 30.3 Å². The first kappa shape index (κ1) is 13.4. The summed E-state index contributed by atoms with van der Waals surface area (Å²) in [6.07, 6.45) is 1.86. The van der Waals surface area contributed by atoms with Crippen LogP contribution in [0.4, 0.5) is 0 Å². The van der Waals surface area contributed by atoms with E-state index in [0.717, 1.165) is 34.2 Å². The lowest BCUT2D eigenvalue weighted by Crippen LogP contribution is -2.20. The average molecular weight is 331 g/mol. The average Bonchev–Trinajstić information content (AvgIpc) is 3.29. The van der Waals surface area contributed by atoms with Gasteiger partial charge in [-0.2, -0.15) is 0 Å². The van der Waals surface area contributed by atoms with E-state index in [-0.39, 0.29) is 11.2 Å². The quantitative estimate of drug-likeness (QED) is 0.778. The summed E-state index contributed by atoms with van der Waals surface area (Å²) in [7, 11) is 1.62. The van der Waals surface area contributed by atoms with Crippen molar-refractivity contribution in [2.75, 3.05) is 7.11 Å². The van der Waals surface area contributed by atoms with Crippen LogP contribution in [0.5, 0.6) is 5.75 Å². The third-order valence-corrected chi connectivity index (χ3v) is 4.54. The molecule has 1 aliphatic rings. The second-order valence-electron chi connectivity index (χ2n) is 5.13. The van der Waals surface area contributed by atoms with Gasteiger partial charge in [-0.3, -0.25) is 4.79 Å². The van der Waals surface area contributed by atoms with Gasteiger partial charge in [-0.15, -0.1) is 0 Å². The molecule has 2 nitrogen and oxygen atoms in total. The van der Waals surface area contributed by atoms with Crippen molar-refractivity contribution in [1.29, 1.82) is 0 Å². The molecule has 0 atom stereocenters. The van der Waals surface area contributed by atoms with Gasteiger partial charge in [0.25, 0.3) is 0 Å². The number of rotatable bonds is 4. The molecule has 0 radical (unpaired) electrons. The number of carbonyl (C=O) groups is 1. The predicted molar refractivity (Wildman–Crippen MR) is 82.4 cm³/mol. The number of carbonyl (C=O) groups excluding carboxylic acids is 1.